The van der Waals surface area contributed by atoms with Gasteiger partial charge in [0.2, 0.25) is 0 Å². The molecule has 0 unspecified atom stereocenters. The topological polar surface area (TPSA) is 54.5 Å². The van der Waals surface area contributed by atoms with Gasteiger partial charge in [0.05, 0.1) is 0 Å². The highest BCUT2D eigenvalue weighted by Crippen LogP contribution is 2.49. The second-order valence-electron chi connectivity index (χ2n) is 6.28. The Morgan fingerprint density at radius 2 is 1.91 bits per heavy atom. The number of sulfonamides is 1. The third-order valence-corrected chi connectivity index (χ3v) is 6.70. The van der Waals surface area contributed by atoms with Crippen molar-refractivity contribution in [3.8, 4) is 0 Å². The Morgan fingerprint density at radius 3 is 2.45 bits per heavy atom. The predicted octanol–water partition coefficient (Wildman–Crippen LogP) is 3.08. The van der Waals surface area contributed by atoms with Crippen molar-refractivity contribution in [2.75, 3.05) is 0 Å². The molecule has 4 nitrogen and oxygen atoms in total. The van der Waals surface area contributed by atoms with Crippen molar-refractivity contribution in [2.24, 2.45) is 11.8 Å². The third kappa shape index (κ3) is 2.79. The average Bonchev–Trinajstić information content (AvgIpc) is 2.93. The maximum Gasteiger partial charge on any atom is 0.511 e. The number of hydrogen-bond donors (Lipinski definition) is 0. The Bertz CT molecular complexity index is 532. The van der Waals surface area contributed by atoms with E-state index < -0.39 is 33.5 Å². The van der Waals surface area contributed by atoms with Crippen LogP contribution in [0.3, 0.4) is 0 Å². The van der Waals surface area contributed by atoms with Crippen molar-refractivity contribution in [2.45, 2.75) is 70.0 Å². The highest BCUT2D eigenvalue weighted by molar-refractivity contribution is 7.90. The lowest BCUT2D eigenvalue weighted by molar-refractivity contribution is -0.124. The number of hydrogen-bond acceptors (Lipinski definition) is 3. The summed E-state index contributed by atoms with van der Waals surface area (Å²) in [5.74, 6) is -0.959. The summed E-state index contributed by atoms with van der Waals surface area (Å²) in [5.41, 5.74) is -5.31. The number of unbranched alkanes of at least 4 members (excludes halogenated alkanes) is 1. The molecule has 1 aliphatic carbocycles. The molecule has 1 heterocycles. The largest absolute Gasteiger partial charge is 0.511 e. The standard InChI is InChI=1S/C14H22F3NO3S/c1-3-4-8-12(19)13-9(2)18(11-7-5-6-10(11)13)22(20,21)14(15,16)17/h9-11,13H,3-8H2,1-2H3/t9-,10+,11-,13+/m1/s1. The van der Waals surface area contributed by atoms with Crippen molar-refractivity contribution in [3.05, 3.63) is 0 Å². The number of carbonyl (C=O) groups excluding carboxylic acids is 1. The first-order valence-electron chi connectivity index (χ1n) is 7.75. The summed E-state index contributed by atoms with van der Waals surface area (Å²) >= 11 is 0. The second-order valence-corrected chi connectivity index (χ2v) is 8.11. The van der Waals surface area contributed by atoms with Crippen molar-refractivity contribution in [3.63, 3.8) is 0 Å². The molecule has 1 saturated heterocycles. The smallest absolute Gasteiger partial charge is 0.299 e. The van der Waals surface area contributed by atoms with Gasteiger partial charge in [0, 0.05) is 24.4 Å². The predicted molar refractivity (Wildman–Crippen MR) is 75.4 cm³/mol. The molecule has 0 radical (unpaired) electrons. The van der Waals surface area contributed by atoms with E-state index in [0.717, 1.165) is 6.42 Å². The Balaban J connectivity index is 2.32. The van der Waals surface area contributed by atoms with Crippen LogP contribution in [-0.2, 0) is 14.8 Å². The number of halogens is 3. The molecule has 4 atom stereocenters. The van der Waals surface area contributed by atoms with Crippen LogP contribution < -0.4 is 0 Å². The molecule has 2 aliphatic rings. The average molecular weight is 341 g/mol. The Morgan fingerprint density at radius 1 is 1.27 bits per heavy atom. The molecule has 22 heavy (non-hydrogen) atoms. The quantitative estimate of drug-likeness (QED) is 0.772. The summed E-state index contributed by atoms with van der Waals surface area (Å²) in [4.78, 5) is 12.4. The van der Waals surface area contributed by atoms with Crippen molar-refractivity contribution < 1.29 is 26.4 Å². The van der Waals surface area contributed by atoms with E-state index in [1.807, 2.05) is 6.92 Å². The van der Waals surface area contributed by atoms with Crippen LogP contribution in [0.15, 0.2) is 0 Å². The normalized spacial score (nSPS) is 33.1. The van der Waals surface area contributed by atoms with Crippen LogP contribution >= 0.6 is 0 Å². The number of rotatable bonds is 5. The summed E-state index contributed by atoms with van der Waals surface area (Å²) in [6.45, 7) is 3.38. The molecule has 128 valence electrons. The van der Waals surface area contributed by atoms with E-state index in [-0.39, 0.29) is 11.7 Å². The molecule has 1 aliphatic heterocycles. The highest BCUT2D eigenvalue weighted by Gasteiger charge is 2.61. The van der Waals surface area contributed by atoms with E-state index in [1.165, 1.54) is 6.92 Å². The van der Waals surface area contributed by atoms with Crippen LogP contribution in [0, 0.1) is 11.8 Å². The second kappa shape index (κ2) is 6.11. The molecule has 0 amide bonds. The molecule has 1 saturated carbocycles. The van der Waals surface area contributed by atoms with Crippen molar-refractivity contribution in [1.29, 1.82) is 0 Å². The van der Waals surface area contributed by atoms with Gasteiger partial charge in [-0.25, -0.2) is 8.42 Å². The minimum atomic E-state index is -5.39. The maximum absolute atomic E-state index is 12.9. The zero-order chi connectivity index (χ0) is 16.7. The molecular weight excluding hydrogens is 319 g/mol. The summed E-state index contributed by atoms with van der Waals surface area (Å²) in [5, 5.41) is 0. The molecule has 0 bridgehead atoms. The number of carbonyl (C=O) groups is 1. The van der Waals surface area contributed by atoms with Gasteiger partial charge in [0.1, 0.15) is 5.78 Å². The van der Waals surface area contributed by atoms with Gasteiger partial charge in [0.25, 0.3) is 0 Å². The number of Topliss-reactive ketones (excluding diaryl/α,β-unsaturated/α-hetero) is 1. The van der Waals surface area contributed by atoms with Gasteiger partial charge in [0.15, 0.2) is 0 Å². The van der Waals surface area contributed by atoms with E-state index in [0.29, 0.717) is 36.4 Å². The first kappa shape index (κ1) is 17.7. The highest BCUT2D eigenvalue weighted by atomic mass is 32.2. The number of alkyl halides is 3. The van der Waals surface area contributed by atoms with Crippen LogP contribution in [0.5, 0.6) is 0 Å². The summed E-state index contributed by atoms with van der Waals surface area (Å²) < 4.78 is 63.1. The molecule has 0 aromatic rings. The molecule has 2 rings (SSSR count). The van der Waals surface area contributed by atoms with Gasteiger partial charge in [-0.2, -0.15) is 17.5 Å². The zero-order valence-electron chi connectivity index (χ0n) is 12.8. The van der Waals surface area contributed by atoms with E-state index >= 15 is 0 Å². The molecule has 0 spiro atoms. The lowest BCUT2D eigenvalue weighted by Crippen LogP contribution is -2.47. The van der Waals surface area contributed by atoms with Crippen LogP contribution in [-0.4, -0.2) is 36.1 Å². The number of nitrogens with zero attached hydrogens (tertiary/aromatic N) is 1. The fourth-order valence-corrected chi connectivity index (χ4v) is 5.49. The summed E-state index contributed by atoms with van der Waals surface area (Å²) in [7, 11) is -5.39. The Labute approximate surface area is 129 Å². The Kier molecular flexibility index (Phi) is 4.92. The molecule has 2 fully saturated rings. The van der Waals surface area contributed by atoms with Crippen LogP contribution in [0.2, 0.25) is 0 Å². The van der Waals surface area contributed by atoms with Crippen LogP contribution in [0.25, 0.3) is 0 Å². The first-order valence-corrected chi connectivity index (χ1v) is 9.19. The van der Waals surface area contributed by atoms with Gasteiger partial charge >= 0.3 is 15.5 Å². The Hall–Kier alpha value is -0.630. The fourth-order valence-electron chi connectivity index (χ4n) is 4.06. The zero-order valence-corrected chi connectivity index (χ0v) is 13.6. The number of ketones is 1. The van der Waals surface area contributed by atoms with Gasteiger partial charge in [-0.15, -0.1) is 0 Å². The third-order valence-electron chi connectivity index (χ3n) is 4.96. The van der Waals surface area contributed by atoms with E-state index in [1.54, 1.807) is 0 Å². The lowest BCUT2D eigenvalue weighted by Gasteiger charge is -2.28. The maximum atomic E-state index is 12.9. The first-order chi connectivity index (χ1) is 10.1. The SMILES string of the molecule is CCCCC(=O)[C@@H]1[C@H]2CCC[C@H]2N(S(=O)(=O)C(F)(F)F)[C@@H]1C. The molecule has 0 aromatic heterocycles. The van der Waals surface area contributed by atoms with Crippen molar-refractivity contribution >= 4 is 15.8 Å². The van der Waals surface area contributed by atoms with Gasteiger partial charge in [-0.1, -0.05) is 19.8 Å². The summed E-state index contributed by atoms with van der Waals surface area (Å²) in [6, 6.07) is -1.59. The van der Waals surface area contributed by atoms with Gasteiger partial charge in [-0.05, 0) is 32.1 Å². The minimum Gasteiger partial charge on any atom is -0.299 e. The van der Waals surface area contributed by atoms with Gasteiger partial charge in [-0.3, -0.25) is 4.79 Å². The van der Waals surface area contributed by atoms with E-state index in [9.17, 15) is 26.4 Å². The monoisotopic (exact) mass is 341 g/mol. The molecule has 0 aromatic carbocycles. The number of fused-ring (bicyclic) bond motifs is 1. The fraction of sp³-hybridized carbons (Fsp3) is 0.929. The van der Waals surface area contributed by atoms with Crippen LogP contribution in [0.1, 0.15) is 52.4 Å². The van der Waals surface area contributed by atoms with Crippen LogP contribution in [0.4, 0.5) is 13.2 Å². The van der Waals surface area contributed by atoms with E-state index in [4.69, 9.17) is 0 Å². The van der Waals surface area contributed by atoms with E-state index in [2.05, 4.69) is 0 Å². The summed E-state index contributed by atoms with van der Waals surface area (Å²) in [6.07, 6.45) is 3.53. The molecular formula is C14H22F3NO3S. The molecule has 0 N–H and O–H groups in total. The van der Waals surface area contributed by atoms with Crippen molar-refractivity contribution in [1.82, 2.24) is 4.31 Å². The lowest BCUT2D eigenvalue weighted by atomic mass is 9.83. The van der Waals surface area contributed by atoms with Gasteiger partial charge < -0.3 is 0 Å². The molecule has 8 heteroatoms. The minimum absolute atomic E-state index is 0.0916.